The molecule has 5 nitrogen and oxygen atoms in total. The minimum atomic E-state index is 0. The second-order valence-electron chi connectivity index (χ2n) is 6.39. The SMILES string of the molecule is CCNC(=NCc1csc(CC)n1)N1CCC(N2CCCC2)C1.I. The van der Waals surface area contributed by atoms with Gasteiger partial charge in [-0.25, -0.2) is 9.98 Å². The number of halogens is 1. The summed E-state index contributed by atoms with van der Waals surface area (Å²) in [6.07, 6.45) is 5.02. The van der Waals surface area contributed by atoms with Crippen molar-refractivity contribution < 1.29 is 0 Å². The van der Waals surface area contributed by atoms with E-state index in [1.165, 1.54) is 37.4 Å². The van der Waals surface area contributed by atoms with Crippen molar-refractivity contribution in [1.29, 1.82) is 0 Å². The first-order chi connectivity index (χ1) is 11.3. The van der Waals surface area contributed by atoms with Crippen LogP contribution in [0.5, 0.6) is 0 Å². The lowest BCUT2D eigenvalue weighted by Gasteiger charge is -2.25. The summed E-state index contributed by atoms with van der Waals surface area (Å²) in [6, 6.07) is 0.715. The van der Waals surface area contributed by atoms with Gasteiger partial charge in [0.2, 0.25) is 0 Å². The molecule has 2 saturated heterocycles. The number of likely N-dealkylation sites (tertiary alicyclic amines) is 2. The molecule has 1 atom stereocenters. The molecule has 7 heteroatoms. The van der Waals surface area contributed by atoms with Gasteiger partial charge in [-0.2, -0.15) is 0 Å². The third-order valence-electron chi connectivity index (χ3n) is 4.75. The summed E-state index contributed by atoms with van der Waals surface area (Å²) >= 11 is 1.74. The van der Waals surface area contributed by atoms with E-state index in [0.29, 0.717) is 12.6 Å². The highest BCUT2D eigenvalue weighted by Crippen LogP contribution is 2.20. The molecule has 24 heavy (non-hydrogen) atoms. The van der Waals surface area contributed by atoms with E-state index in [-0.39, 0.29) is 24.0 Å². The average molecular weight is 463 g/mol. The maximum absolute atomic E-state index is 4.83. The highest BCUT2D eigenvalue weighted by molar-refractivity contribution is 14.0. The molecule has 3 heterocycles. The van der Waals surface area contributed by atoms with Gasteiger partial charge in [0.05, 0.1) is 17.2 Å². The van der Waals surface area contributed by atoms with Crippen LogP contribution < -0.4 is 5.32 Å². The number of nitrogens with zero attached hydrogens (tertiary/aromatic N) is 4. The molecule has 0 aromatic carbocycles. The van der Waals surface area contributed by atoms with Gasteiger partial charge in [-0.05, 0) is 45.7 Å². The quantitative estimate of drug-likeness (QED) is 0.415. The van der Waals surface area contributed by atoms with Crippen molar-refractivity contribution in [2.24, 2.45) is 4.99 Å². The molecule has 1 unspecified atom stereocenters. The zero-order valence-corrected chi connectivity index (χ0v) is 18.0. The van der Waals surface area contributed by atoms with E-state index in [4.69, 9.17) is 4.99 Å². The van der Waals surface area contributed by atoms with Gasteiger partial charge in [-0.15, -0.1) is 35.3 Å². The number of aryl methyl sites for hydroxylation is 1. The molecular weight excluding hydrogens is 433 g/mol. The van der Waals surface area contributed by atoms with E-state index in [2.05, 4.69) is 39.3 Å². The molecule has 0 radical (unpaired) electrons. The molecule has 3 rings (SSSR count). The fraction of sp³-hybridized carbons (Fsp3) is 0.765. The Labute approximate surface area is 166 Å². The number of nitrogens with one attached hydrogen (secondary N) is 1. The molecule has 1 aromatic heterocycles. The summed E-state index contributed by atoms with van der Waals surface area (Å²) in [6.45, 7) is 10.7. The van der Waals surface area contributed by atoms with Gasteiger partial charge < -0.3 is 10.2 Å². The van der Waals surface area contributed by atoms with Crippen molar-refractivity contribution in [3.05, 3.63) is 16.1 Å². The van der Waals surface area contributed by atoms with E-state index in [9.17, 15) is 0 Å². The molecule has 0 saturated carbocycles. The van der Waals surface area contributed by atoms with Crippen molar-refractivity contribution in [2.45, 2.75) is 52.1 Å². The zero-order chi connectivity index (χ0) is 16.1. The van der Waals surface area contributed by atoms with E-state index >= 15 is 0 Å². The molecule has 0 spiro atoms. The Morgan fingerprint density at radius 3 is 2.79 bits per heavy atom. The number of hydrogen-bond acceptors (Lipinski definition) is 4. The summed E-state index contributed by atoms with van der Waals surface area (Å²) in [7, 11) is 0. The van der Waals surface area contributed by atoms with Gasteiger partial charge in [-0.3, -0.25) is 4.90 Å². The molecule has 1 aromatic rings. The van der Waals surface area contributed by atoms with Crippen molar-refractivity contribution in [3.63, 3.8) is 0 Å². The highest BCUT2D eigenvalue weighted by Gasteiger charge is 2.30. The average Bonchev–Trinajstić information content (AvgIpc) is 3.32. The van der Waals surface area contributed by atoms with Crippen LogP contribution in [0, 0.1) is 0 Å². The minimum Gasteiger partial charge on any atom is -0.357 e. The monoisotopic (exact) mass is 463 g/mol. The summed E-state index contributed by atoms with van der Waals surface area (Å²) in [4.78, 5) is 14.5. The molecule has 0 bridgehead atoms. The second-order valence-corrected chi connectivity index (χ2v) is 7.33. The molecule has 2 aliphatic heterocycles. The first-order valence-corrected chi connectivity index (χ1v) is 9.88. The predicted octanol–water partition coefficient (Wildman–Crippen LogP) is 2.96. The van der Waals surface area contributed by atoms with Crippen molar-refractivity contribution >= 4 is 41.3 Å². The molecule has 1 N–H and O–H groups in total. The summed E-state index contributed by atoms with van der Waals surface area (Å²) in [5.41, 5.74) is 1.09. The van der Waals surface area contributed by atoms with Crippen molar-refractivity contribution in [1.82, 2.24) is 20.1 Å². The van der Waals surface area contributed by atoms with Crippen LogP contribution in [0.4, 0.5) is 0 Å². The summed E-state index contributed by atoms with van der Waals surface area (Å²) < 4.78 is 0. The van der Waals surface area contributed by atoms with E-state index in [1.807, 2.05) is 0 Å². The molecule has 2 fully saturated rings. The molecular formula is C17H30IN5S. The Bertz CT molecular complexity index is 527. The Kier molecular flexibility index (Phi) is 8.22. The number of rotatable bonds is 5. The van der Waals surface area contributed by atoms with Crippen LogP contribution in [0.2, 0.25) is 0 Å². The fourth-order valence-electron chi connectivity index (χ4n) is 3.50. The Hall–Kier alpha value is -0.410. The van der Waals surface area contributed by atoms with Crippen LogP contribution in [0.25, 0.3) is 0 Å². The number of guanidine groups is 1. The summed E-state index contributed by atoms with van der Waals surface area (Å²) in [5, 5.41) is 6.81. The Morgan fingerprint density at radius 2 is 2.12 bits per heavy atom. The number of thiazole rings is 1. The fourth-order valence-corrected chi connectivity index (χ4v) is 4.24. The lowest BCUT2D eigenvalue weighted by atomic mass is 10.2. The van der Waals surface area contributed by atoms with Crippen LogP contribution in [0.3, 0.4) is 0 Å². The van der Waals surface area contributed by atoms with Crippen LogP contribution in [-0.4, -0.2) is 59.5 Å². The first-order valence-electron chi connectivity index (χ1n) is 9.00. The minimum absolute atomic E-state index is 0. The zero-order valence-electron chi connectivity index (χ0n) is 14.8. The normalized spacial score (nSPS) is 22.0. The lowest BCUT2D eigenvalue weighted by molar-refractivity contribution is 0.249. The largest absolute Gasteiger partial charge is 0.357 e. The number of hydrogen-bond donors (Lipinski definition) is 1. The predicted molar refractivity (Wildman–Crippen MR) is 113 cm³/mol. The van der Waals surface area contributed by atoms with Gasteiger partial charge in [0.15, 0.2) is 5.96 Å². The van der Waals surface area contributed by atoms with Crippen molar-refractivity contribution in [3.8, 4) is 0 Å². The lowest BCUT2D eigenvalue weighted by Crippen LogP contribution is -2.42. The summed E-state index contributed by atoms with van der Waals surface area (Å²) in [5.74, 6) is 1.06. The van der Waals surface area contributed by atoms with Crippen LogP contribution >= 0.6 is 35.3 Å². The van der Waals surface area contributed by atoms with Crippen LogP contribution in [0.1, 0.15) is 43.8 Å². The Balaban J connectivity index is 0.00000208. The molecule has 0 amide bonds. The van der Waals surface area contributed by atoms with Gasteiger partial charge in [0.25, 0.3) is 0 Å². The van der Waals surface area contributed by atoms with Crippen LogP contribution in [-0.2, 0) is 13.0 Å². The third-order valence-corrected chi connectivity index (χ3v) is 5.79. The van der Waals surface area contributed by atoms with Gasteiger partial charge in [0.1, 0.15) is 0 Å². The number of aliphatic imine (C=N–C) groups is 1. The second kappa shape index (κ2) is 9.91. The van der Waals surface area contributed by atoms with Gasteiger partial charge in [0, 0.05) is 31.1 Å². The highest BCUT2D eigenvalue weighted by atomic mass is 127. The van der Waals surface area contributed by atoms with Gasteiger partial charge >= 0.3 is 0 Å². The van der Waals surface area contributed by atoms with E-state index < -0.39 is 0 Å². The maximum Gasteiger partial charge on any atom is 0.194 e. The van der Waals surface area contributed by atoms with Gasteiger partial charge in [-0.1, -0.05) is 6.92 Å². The van der Waals surface area contributed by atoms with E-state index in [0.717, 1.165) is 37.7 Å². The standard InChI is InChI=1S/C17H29N5S.HI/c1-3-16-20-14(13-23-16)11-19-17(18-4-2)22-10-7-15(12-22)21-8-5-6-9-21;/h13,15H,3-12H2,1-2H3,(H,18,19);1H. The van der Waals surface area contributed by atoms with Crippen LogP contribution in [0.15, 0.2) is 10.4 Å². The topological polar surface area (TPSA) is 43.8 Å². The smallest absolute Gasteiger partial charge is 0.194 e. The molecule has 136 valence electrons. The van der Waals surface area contributed by atoms with Crippen molar-refractivity contribution in [2.75, 3.05) is 32.7 Å². The number of aromatic nitrogens is 1. The van der Waals surface area contributed by atoms with E-state index in [1.54, 1.807) is 11.3 Å². The third kappa shape index (κ3) is 5.05. The molecule has 0 aliphatic carbocycles. The Morgan fingerprint density at radius 1 is 1.33 bits per heavy atom. The molecule has 2 aliphatic rings. The maximum atomic E-state index is 4.83. The first kappa shape index (κ1) is 19.9.